The molecular weight excluding hydrogens is 304 g/mol. The molecule has 0 bridgehead atoms. The minimum Gasteiger partial charge on any atom is -0.302 e. The van der Waals surface area contributed by atoms with E-state index in [0.717, 1.165) is 4.47 Å². The van der Waals surface area contributed by atoms with Crippen molar-refractivity contribution in [1.29, 1.82) is 0 Å². The fraction of sp³-hybridized carbons (Fsp3) is 0.300. The summed E-state index contributed by atoms with van der Waals surface area (Å²) in [5.74, 6) is -0.211. The Morgan fingerprint density at radius 2 is 2.53 bits per heavy atom. The summed E-state index contributed by atoms with van der Waals surface area (Å²) < 4.78 is 2.64. The van der Waals surface area contributed by atoms with Crippen molar-refractivity contribution in [2.45, 2.75) is 13.5 Å². The third-order valence-corrected chi connectivity index (χ3v) is 3.27. The number of rotatable bonds is 4. The third kappa shape index (κ3) is 3.37. The Balaban J connectivity index is 1.91. The molecule has 0 aliphatic carbocycles. The van der Waals surface area contributed by atoms with Crippen LogP contribution in [0.25, 0.3) is 0 Å². The molecule has 1 N–H and O–H groups in total. The number of hydrogen-bond acceptors (Lipinski definition) is 4. The number of halogens is 1. The lowest BCUT2D eigenvalue weighted by molar-refractivity contribution is -0.119. The molecule has 0 fully saturated rings. The Labute approximate surface area is 111 Å². The van der Waals surface area contributed by atoms with Crippen LogP contribution in [0.5, 0.6) is 0 Å². The van der Waals surface area contributed by atoms with Gasteiger partial charge in [0.15, 0.2) is 5.13 Å². The number of nitrogens with one attached hydrogen (secondary N) is 1. The molecular formula is C10H11BrN4OS. The number of nitrogens with zero attached hydrogens (tertiary/aromatic N) is 3. The fourth-order valence-electron chi connectivity index (χ4n) is 1.32. The largest absolute Gasteiger partial charge is 0.302 e. The van der Waals surface area contributed by atoms with Gasteiger partial charge in [-0.1, -0.05) is 6.92 Å². The third-order valence-electron chi connectivity index (χ3n) is 2.17. The number of amides is 1. The van der Waals surface area contributed by atoms with Crippen molar-refractivity contribution in [3.05, 3.63) is 28.4 Å². The molecule has 17 heavy (non-hydrogen) atoms. The van der Waals surface area contributed by atoms with Crippen LogP contribution < -0.4 is 5.32 Å². The molecule has 5 nitrogen and oxygen atoms in total. The van der Waals surface area contributed by atoms with Gasteiger partial charge in [0.25, 0.3) is 0 Å². The number of hydrogen-bond donors (Lipinski definition) is 1. The zero-order valence-corrected chi connectivity index (χ0v) is 11.5. The molecule has 2 aromatic rings. The lowest BCUT2D eigenvalue weighted by Crippen LogP contribution is -2.24. The number of thiazole rings is 1. The maximum absolute atomic E-state index is 11.8. The topological polar surface area (TPSA) is 59.8 Å². The number of carbonyl (C=O) groups is 1. The molecule has 0 saturated heterocycles. The van der Waals surface area contributed by atoms with Crippen molar-refractivity contribution < 1.29 is 4.79 Å². The van der Waals surface area contributed by atoms with Crippen LogP contribution in [0.15, 0.2) is 28.4 Å². The predicted molar refractivity (Wildman–Crippen MR) is 69.8 cm³/mol. The molecule has 1 amide bonds. The van der Waals surface area contributed by atoms with Gasteiger partial charge in [0, 0.05) is 17.8 Å². The van der Waals surface area contributed by atoms with Gasteiger partial charge in [0.05, 0.1) is 23.1 Å². The minimum atomic E-state index is -0.161. The molecule has 90 valence electrons. The van der Waals surface area contributed by atoms with Gasteiger partial charge in [-0.25, -0.2) is 4.98 Å². The molecule has 1 unspecified atom stereocenters. The summed E-state index contributed by atoms with van der Waals surface area (Å²) in [6, 6.07) is 0. The lowest BCUT2D eigenvalue weighted by Gasteiger charge is -2.10. The maximum atomic E-state index is 11.8. The number of carbonyl (C=O) groups excluding carboxylic acids is 1. The van der Waals surface area contributed by atoms with Crippen LogP contribution in [0, 0.1) is 5.92 Å². The Hall–Kier alpha value is -1.21. The highest BCUT2D eigenvalue weighted by Gasteiger charge is 2.15. The smallest absolute Gasteiger partial charge is 0.230 e. The Morgan fingerprint density at radius 3 is 3.12 bits per heavy atom. The number of aromatic nitrogens is 3. The van der Waals surface area contributed by atoms with Crippen molar-refractivity contribution in [2.75, 3.05) is 5.32 Å². The van der Waals surface area contributed by atoms with Crippen molar-refractivity contribution in [3.8, 4) is 0 Å². The van der Waals surface area contributed by atoms with Gasteiger partial charge < -0.3 is 5.32 Å². The van der Waals surface area contributed by atoms with E-state index in [1.165, 1.54) is 11.3 Å². The second kappa shape index (κ2) is 5.42. The van der Waals surface area contributed by atoms with Gasteiger partial charge >= 0.3 is 0 Å². The molecule has 7 heteroatoms. The Kier molecular flexibility index (Phi) is 3.90. The molecule has 2 rings (SSSR count). The van der Waals surface area contributed by atoms with Crippen LogP contribution in [-0.2, 0) is 11.3 Å². The average molecular weight is 315 g/mol. The predicted octanol–water partition coefficient (Wildman–Crippen LogP) is 2.38. The van der Waals surface area contributed by atoms with Gasteiger partial charge in [-0.15, -0.1) is 11.3 Å². The fourth-order valence-corrected chi connectivity index (χ4v) is 2.18. The Morgan fingerprint density at radius 1 is 1.71 bits per heavy atom. The van der Waals surface area contributed by atoms with Crippen LogP contribution in [-0.4, -0.2) is 20.7 Å². The van der Waals surface area contributed by atoms with E-state index < -0.39 is 0 Å². The van der Waals surface area contributed by atoms with E-state index >= 15 is 0 Å². The molecule has 2 heterocycles. The van der Waals surface area contributed by atoms with Crippen LogP contribution in [0.4, 0.5) is 5.13 Å². The first-order valence-corrected chi connectivity index (χ1v) is 6.70. The summed E-state index contributed by atoms with van der Waals surface area (Å²) in [4.78, 5) is 15.8. The SMILES string of the molecule is CC(Cn1cc(Br)cn1)C(=O)Nc1nccs1. The summed E-state index contributed by atoms with van der Waals surface area (Å²) in [5, 5.41) is 9.33. The molecule has 0 radical (unpaired) electrons. The summed E-state index contributed by atoms with van der Waals surface area (Å²) in [7, 11) is 0. The van der Waals surface area contributed by atoms with E-state index in [1.807, 2.05) is 18.5 Å². The molecule has 0 aliphatic heterocycles. The van der Waals surface area contributed by atoms with E-state index in [-0.39, 0.29) is 11.8 Å². The van der Waals surface area contributed by atoms with E-state index in [1.54, 1.807) is 17.1 Å². The quantitative estimate of drug-likeness (QED) is 0.942. The zero-order valence-electron chi connectivity index (χ0n) is 9.13. The molecule has 0 saturated carbocycles. The van der Waals surface area contributed by atoms with E-state index in [4.69, 9.17) is 0 Å². The standard InChI is InChI=1S/C10H11BrN4OS/c1-7(5-15-6-8(11)4-13-15)9(16)14-10-12-2-3-17-10/h2-4,6-7H,5H2,1H3,(H,12,14,16). The highest BCUT2D eigenvalue weighted by atomic mass is 79.9. The first-order chi connectivity index (χ1) is 8.15. The first kappa shape index (κ1) is 12.3. The van der Waals surface area contributed by atoms with Crippen LogP contribution in [0.3, 0.4) is 0 Å². The van der Waals surface area contributed by atoms with Gasteiger partial charge in [-0.3, -0.25) is 9.48 Å². The minimum absolute atomic E-state index is 0.0495. The molecule has 0 aromatic carbocycles. The molecule has 1 atom stereocenters. The highest BCUT2D eigenvalue weighted by molar-refractivity contribution is 9.10. The van der Waals surface area contributed by atoms with E-state index in [9.17, 15) is 4.79 Å². The van der Waals surface area contributed by atoms with Crippen LogP contribution in [0.1, 0.15) is 6.92 Å². The Bertz CT molecular complexity index is 496. The van der Waals surface area contributed by atoms with Crippen molar-refractivity contribution in [1.82, 2.24) is 14.8 Å². The summed E-state index contributed by atoms with van der Waals surface area (Å²) in [6.07, 6.45) is 5.20. The van der Waals surface area contributed by atoms with Gasteiger partial charge in [0.2, 0.25) is 5.91 Å². The van der Waals surface area contributed by atoms with Gasteiger partial charge in [-0.05, 0) is 15.9 Å². The van der Waals surface area contributed by atoms with Gasteiger partial charge in [0.1, 0.15) is 0 Å². The molecule has 2 aromatic heterocycles. The van der Waals surface area contributed by atoms with E-state index in [2.05, 4.69) is 31.3 Å². The molecule has 0 spiro atoms. The average Bonchev–Trinajstić information content (AvgIpc) is 2.90. The maximum Gasteiger partial charge on any atom is 0.230 e. The number of anilines is 1. The first-order valence-electron chi connectivity index (χ1n) is 5.03. The van der Waals surface area contributed by atoms with Crippen LogP contribution >= 0.6 is 27.3 Å². The normalized spacial score (nSPS) is 12.4. The summed E-state index contributed by atoms with van der Waals surface area (Å²) in [6.45, 7) is 2.40. The molecule has 0 aliphatic rings. The second-order valence-electron chi connectivity index (χ2n) is 3.61. The summed E-state index contributed by atoms with van der Waals surface area (Å²) in [5.41, 5.74) is 0. The lowest BCUT2D eigenvalue weighted by atomic mass is 10.2. The van der Waals surface area contributed by atoms with Crippen LogP contribution in [0.2, 0.25) is 0 Å². The summed E-state index contributed by atoms with van der Waals surface area (Å²) >= 11 is 4.72. The monoisotopic (exact) mass is 314 g/mol. The second-order valence-corrected chi connectivity index (χ2v) is 5.42. The zero-order chi connectivity index (χ0) is 12.3. The van der Waals surface area contributed by atoms with Crippen molar-refractivity contribution in [2.24, 2.45) is 5.92 Å². The highest BCUT2D eigenvalue weighted by Crippen LogP contribution is 2.13. The van der Waals surface area contributed by atoms with Gasteiger partial charge in [-0.2, -0.15) is 5.10 Å². The van der Waals surface area contributed by atoms with Crippen molar-refractivity contribution in [3.63, 3.8) is 0 Å². The van der Waals surface area contributed by atoms with Crippen molar-refractivity contribution >= 4 is 38.3 Å². The van der Waals surface area contributed by atoms with E-state index in [0.29, 0.717) is 11.7 Å².